The third-order valence-corrected chi connectivity index (χ3v) is 4.51. The smallest absolute Gasteiger partial charge is 0.270 e. The molecule has 1 aliphatic carbocycles. The molecule has 0 spiro atoms. The first-order valence-corrected chi connectivity index (χ1v) is 7.82. The fourth-order valence-electron chi connectivity index (χ4n) is 2.48. The number of nitrogens with zero attached hydrogens (tertiary/aromatic N) is 2. The van der Waals surface area contributed by atoms with Crippen LogP contribution in [-0.2, 0) is 6.54 Å². The summed E-state index contributed by atoms with van der Waals surface area (Å²) >= 11 is 3.52. The molecule has 1 heterocycles. The number of hydrogen-bond acceptors (Lipinski definition) is 2. The zero-order valence-corrected chi connectivity index (χ0v) is 13.5. The molecular weight excluding hydrogens is 330 g/mol. The summed E-state index contributed by atoms with van der Waals surface area (Å²) in [5, 5.41) is 0. The van der Waals surface area contributed by atoms with Crippen molar-refractivity contribution < 1.29 is 4.79 Å². The second-order valence-corrected chi connectivity index (χ2v) is 6.40. The van der Waals surface area contributed by atoms with Gasteiger partial charge >= 0.3 is 0 Å². The van der Waals surface area contributed by atoms with Crippen LogP contribution in [0.4, 0.5) is 5.69 Å². The Bertz CT molecular complexity index is 676. The number of rotatable bonds is 4. The van der Waals surface area contributed by atoms with Gasteiger partial charge in [-0.05, 0) is 30.5 Å². The third-order valence-electron chi connectivity index (χ3n) is 3.74. The number of aromatic nitrogens is 1. The van der Waals surface area contributed by atoms with E-state index in [4.69, 9.17) is 5.73 Å². The van der Waals surface area contributed by atoms with Crippen LogP contribution in [0.1, 0.15) is 34.9 Å². The van der Waals surface area contributed by atoms with Crippen molar-refractivity contribution in [1.29, 1.82) is 0 Å². The van der Waals surface area contributed by atoms with E-state index < -0.39 is 0 Å². The van der Waals surface area contributed by atoms with E-state index in [0.29, 0.717) is 24.0 Å². The third kappa shape index (κ3) is 2.97. The van der Waals surface area contributed by atoms with E-state index in [0.717, 1.165) is 22.9 Å². The molecule has 1 amide bonds. The van der Waals surface area contributed by atoms with Crippen molar-refractivity contribution in [2.45, 2.75) is 25.4 Å². The number of anilines is 1. The normalized spacial score (nSPS) is 14.2. The SMILES string of the molecule is CN(Cc1ccccc1Br)C(=O)c1cc(N)cn1C1CC1. The second kappa shape index (κ2) is 5.56. The number of carbonyl (C=O) groups excluding carboxylic acids is 1. The number of carbonyl (C=O) groups is 1. The van der Waals surface area contributed by atoms with E-state index in [-0.39, 0.29) is 5.91 Å². The fourth-order valence-corrected chi connectivity index (χ4v) is 2.89. The highest BCUT2D eigenvalue weighted by Crippen LogP contribution is 2.37. The Morgan fingerprint density at radius 3 is 2.81 bits per heavy atom. The Labute approximate surface area is 132 Å². The predicted octanol–water partition coefficient (Wildman–Crippen LogP) is 3.44. The van der Waals surface area contributed by atoms with E-state index in [2.05, 4.69) is 15.9 Å². The van der Waals surface area contributed by atoms with Gasteiger partial charge < -0.3 is 15.2 Å². The van der Waals surface area contributed by atoms with Crippen LogP contribution in [0.5, 0.6) is 0 Å². The molecule has 0 unspecified atom stereocenters. The Hall–Kier alpha value is -1.75. The molecule has 0 aliphatic heterocycles. The highest BCUT2D eigenvalue weighted by atomic mass is 79.9. The maximum atomic E-state index is 12.7. The van der Waals surface area contributed by atoms with Crippen molar-refractivity contribution in [1.82, 2.24) is 9.47 Å². The van der Waals surface area contributed by atoms with Crippen LogP contribution in [0, 0.1) is 0 Å². The Morgan fingerprint density at radius 1 is 1.43 bits per heavy atom. The molecule has 4 nitrogen and oxygen atoms in total. The molecule has 1 fully saturated rings. The minimum atomic E-state index is 0.00866. The molecule has 110 valence electrons. The molecule has 1 saturated carbocycles. The van der Waals surface area contributed by atoms with Crippen LogP contribution < -0.4 is 5.73 Å². The van der Waals surface area contributed by atoms with E-state index in [1.165, 1.54) is 0 Å². The first-order chi connectivity index (χ1) is 10.1. The second-order valence-electron chi connectivity index (χ2n) is 5.55. The molecule has 3 rings (SSSR count). The van der Waals surface area contributed by atoms with Gasteiger partial charge in [-0.1, -0.05) is 34.1 Å². The van der Waals surface area contributed by atoms with Crippen molar-refractivity contribution >= 4 is 27.5 Å². The molecule has 0 bridgehead atoms. The van der Waals surface area contributed by atoms with Gasteiger partial charge in [0.1, 0.15) is 5.69 Å². The Morgan fingerprint density at radius 2 is 2.14 bits per heavy atom. The maximum Gasteiger partial charge on any atom is 0.270 e. The van der Waals surface area contributed by atoms with Gasteiger partial charge in [0.05, 0.1) is 5.69 Å². The monoisotopic (exact) mass is 347 g/mol. The summed E-state index contributed by atoms with van der Waals surface area (Å²) in [6.45, 7) is 0.565. The molecule has 21 heavy (non-hydrogen) atoms. The molecule has 1 aromatic heterocycles. The van der Waals surface area contributed by atoms with Crippen LogP contribution >= 0.6 is 15.9 Å². The van der Waals surface area contributed by atoms with Gasteiger partial charge in [0.25, 0.3) is 5.91 Å². The van der Waals surface area contributed by atoms with E-state index in [1.807, 2.05) is 42.1 Å². The standard InChI is InChI=1S/C16H18BrN3O/c1-19(9-11-4-2-3-5-14(11)17)16(21)15-8-12(18)10-20(15)13-6-7-13/h2-5,8,10,13H,6-7,9,18H2,1H3. The summed E-state index contributed by atoms with van der Waals surface area (Å²) in [5.41, 5.74) is 8.29. The maximum absolute atomic E-state index is 12.7. The van der Waals surface area contributed by atoms with E-state index >= 15 is 0 Å². The minimum Gasteiger partial charge on any atom is -0.397 e. The number of hydrogen-bond donors (Lipinski definition) is 1. The van der Waals surface area contributed by atoms with Crippen LogP contribution in [0.2, 0.25) is 0 Å². The lowest BCUT2D eigenvalue weighted by molar-refractivity contribution is 0.0774. The molecule has 2 aromatic rings. The van der Waals surface area contributed by atoms with Crippen molar-refractivity contribution in [2.24, 2.45) is 0 Å². The van der Waals surface area contributed by atoms with Crippen molar-refractivity contribution in [3.05, 3.63) is 52.3 Å². The zero-order valence-electron chi connectivity index (χ0n) is 11.9. The number of amides is 1. The summed E-state index contributed by atoms with van der Waals surface area (Å²) in [7, 11) is 1.82. The summed E-state index contributed by atoms with van der Waals surface area (Å²) < 4.78 is 3.04. The lowest BCUT2D eigenvalue weighted by Crippen LogP contribution is -2.28. The molecule has 0 saturated heterocycles. The van der Waals surface area contributed by atoms with Gasteiger partial charge in [0.2, 0.25) is 0 Å². The number of halogens is 1. The Kier molecular flexibility index (Phi) is 3.76. The summed E-state index contributed by atoms with van der Waals surface area (Å²) in [6.07, 6.45) is 4.13. The van der Waals surface area contributed by atoms with E-state index in [9.17, 15) is 4.79 Å². The van der Waals surface area contributed by atoms with Gasteiger partial charge in [0, 0.05) is 30.3 Å². The molecule has 0 atom stereocenters. The number of nitrogens with two attached hydrogens (primary N) is 1. The average molecular weight is 348 g/mol. The molecular formula is C16H18BrN3O. The van der Waals surface area contributed by atoms with Crippen molar-refractivity contribution in [2.75, 3.05) is 12.8 Å². The number of benzene rings is 1. The van der Waals surface area contributed by atoms with Crippen LogP contribution in [0.3, 0.4) is 0 Å². The molecule has 2 N–H and O–H groups in total. The quantitative estimate of drug-likeness (QED) is 0.920. The fraction of sp³-hybridized carbons (Fsp3) is 0.312. The summed E-state index contributed by atoms with van der Waals surface area (Å²) in [6, 6.07) is 10.2. The van der Waals surface area contributed by atoms with Crippen LogP contribution in [0.25, 0.3) is 0 Å². The topological polar surface area (TPSA) is 51.3 Å². The summed E-state index contributed by atoms with van der Waals surface area (Å²) in [5.74, 6) is 0.00866. The molecule has 1 aromatic carbocycles. The van der Waals surface area contributed by atoms with Gasteiger partial charge in [-0.15, -0.1) is 0 Å². The van der Waals surface area contributed by atoms with Gasteiger partial charge in [-0.25, -0.2) is 0 Å². The Balaban J connectivity index is 1.80. The molecule has 5 heteroatoms. The van der Waals surface area contributed by atoms with Gasteiger partial charge in [0.15, 0.2) is 0 Å². The molecule has 0 radical (unpaired) electrons. The minimum absolute atomic E-state index is 0.00866. The lowest BCUT2D eigenvalue weighted by Gasteiger charge is -2.19. The van der Waals surface area contributed by atoms with Crippen LogP contribution in [0.15, 0.2) is 41.0 Å². The van der Waals surface area contributed by atoms with E-state index in [1.54, 1.807) is 11.0 Å². The zero-order chi connectivity index (χ0) is 15.0. The average Bonchev–Trinajstić information content (AvgIpc) is 3.23. The van der Waals surface area contributed by atoms with Crippen LogP contribution in [-0.4, -0.2) is 22.4 Å². The first-order valence-electron chi connectivity index (χ1n) is 7.02. The highest BCUT2D eigenvalue weighted by Gasteiger charge is 2.28. The van der Waals surface area contributed by atoms with Gasteiger partial charge in [-0.3, -0.25) is 4.79 Å². The predicted molar refractivity (Wildman–Crippen MR) is 87.1 cm³/mol. The number of nitrogen functional groups attached to an aromatic ring is 1. The largest absolute Gasteiger partial charge is 0.397 e. The molecule has 1 aliphatic rings. The first kappa shape index (κ1) is 14.2. The lowest BCUT2D eigenvalue weighted by atomic mass is 10.2. The van der Waals surface area contributed by atoms with Crippen molar-refractivity contribution in [3.63, 3.8) is 0 Å². The van der Waals surface area contributed by atoms with Crippen molar-refractivity contribution in [3.8, 4) is 0 Å². The van der Waals surface area contributed by atoms with Gasteiger partial charge in [-0.2, -0.15) is 0 Å². The highest BCUT2D eigenvalue weighted by molar-refractivity contribution is 9.10. The summed E-state index contributed by atoms with van der Waals surface area (Å²) in [4.78, 5) is 14.4.